The highest BCUT2D eigenvalue weighted by Gasteiger charge is 2.44. The van der Waals surface area contributed by atoms with Crippen LogP contribution in [0.4, 0.5) is 4.39 Å². The van der Waals surface area contributed by atoms with E-state index >= 15 is 0 Å². The third kappa shape index (κ3) is 2.25. The first kappa shape index (κ1) is 11.5. The Kier molecular flexibility index (Phi) is 2.88. The summed E-state index contributed by atoms with van der Waals surface area (Å²) in [6, 6.07) is 0. The van der Waals surface area contributed by atoms with E-state index in [1.807, 2.05) is 0 Å². The SMILES string of the molecule is CC(C)(C)C1CCC(F)(C(=O)O)CC1. The Labute approximate surface area is 84.5 Å². The second kappa shape index (κ2) is 3.52. The zero-order chi connectivity index (χ0) is 11.0. The third-order valence-electron chi connectivity index (χ3n) is 3.39. The van der Waals surface area contributed by atoms with Gasteiger partial charge in [-0.3, -0.25) is 0 Å². The molecule has 14 heavy (non-hydrogen) atoms. The van der Waals surface area contributed by atoms with Gasteiger partial charge in [-0.15, -0.1) is 0 Å². The number of alkyl halides is 1. The molecule has 0 atom stereocenters. The Morgan fingerprint density at radius 1 is 1.36 bits per heavy atom. The van der Waals surface area contributed by atoms with Crippen molar-refractivity contribution >= 4 is 5.97 Å². The van der Waals surface area contributed by atoms with Crippen LogP contribution in [0.2, 0.25) is 0 Å². The lowest BCUT2D eigenvalue weighted by molar-refractivity contribution is -0.154. The van der Waals surface area contributed by atoms with Gasteiger partial charge in [0.25, 0.3) is 0 Å². The molecule has 3 heteroatoms. The Balaban J connectivity index is 2.59. The maximum atomic E-state index is 13.7. The Morgan fingerprint density at radius 2 is 1.79 bits per heavy atom. The number of carboxylic acids is 1. The van der Waals surface area contributed by atoms with Crippen LogP contribution in [0.1, 0.15) is 46.5 Å². The van der Waals surface area contributed by atoms with Gasteiger partial charge in [0.05, 0.1) is 0 Å². The zero-order valence-corrected chi connectivity index (χ0v) is 9.14. The number of carbonyl (C=O) groups is 1. The molecule has 82 valence electrons. The summed E-state index contributed by atoms with van der Waals surface area (Å²) in [4.78, 5) is 10.7. The molecular weight excluding hydrogens is 183 g/mol. The number of halogens is 1. The van der Waals surface area contributed by atoms with Gasteiger partial charge in [-0.05, 0) is 37.0 Å². The highest BCUT2D eigenvalue weighted by atomic mass is 19.1. The molecule has 0 bridgehead atoms. The minimum atomic E-state index is -1.96. The zero-order valence-electron chi connectivity index (χ0n) is 9.14. The van der Waals surface area contributed by atoms with Crippen LogP contribution in [-0.4, -0.2) is 16.7 Å². The maximum absolute atomic E-state index is 13.7. The molecule has 0 heterocycles. The normalized spacial score (nSPS) is 34.1. The molecule has 1 fully saturated rings. The van der Waals surface area contributed by atoms with E-state index < -0.39 is 11.6 Å². The number of carboxylic acid groups (broad SMARTS) is 1. The van der Waals surface area contributed by atoms with Crippen molar-refractivity contribution in [1.29, 1.82) is 0 Å². The van der Waals surface area contributed by atoms with Crippen LogP contribution in [0, 0.1) is 11.3 Å². The molecule has 0 aliphatic heterocycles. The van der Waals surface area contributed by atoms with Crippen molar-refractivity contribution in [2.45, 2.75) is 52.1 Å². The number of hydrogen-bond donors (Lipinski definition) is 1. The van der Waals surface area contributed by atoms with Crippen molar-refractivity contribution in [1.82, 2.24) is 0 Å². The molecule has 1 aliphatic carbocycles. The summed E-state index contributed by atoms with van der Waals surface area (Å²) in [5, 5.41) is 8.71. The van der Waals surface area contributed by atoms with Crippen LogP contribution in [0.5, 0.6) is 0 Å². The van der Waals surface area contributed by atoms with Crippen LogP contribution >= 0.6 is 0 Å². The van der Waals surface area contributed by atoms with Crippen LogP contribution in [-0.2, 0) is 4.79 Å². The minimum Gasteiger partial charge on any atom is -0.479 e. The van der Waals surface area contributed by atoms with Crippen molar-refractivity contribution in [2.75, 3.05) is 0 Å². The van der Waals surface area contributed by atoms with Gasteiger partial charge in [-0.2, -0.15) is 0 Å². The molecule has 0 amide bonds. The summed E-state index contributed by atoms with van der Waals surface area (Å²) in [5.41, 5.74) is -1.79. The van der Waals surface area contributed by atoms with Gasteiger partial charge in [0.2, 0.25) is 5.67 Å². The highest BCUT2D eigenvalue weighted by molar-refractivity contribution is 5.77. The predicted molar refractivity (Wildman–Crippen MR) is 52.9 cm³/mol. The molecule has 0 unspecified atom stereocenters. The van der Waals surface area contributed by atoms with Gasteiger partial charge in [-0.1, -0.05) is 20.8 Å². The van der Waals surface area contributed by atoms with Crippen LogP contribution in [0.25, 0.3) is 0 Å². The fourth-order valence-corrected chi connectivity index (χ4v) is 2.16. The van der Waals surface area contributed by atoms with Crippen molar-refractivity contribution < 1.29 is 14.3 Å². The molecule has 1 rings (SSSR count). The average Bonchev–Trinajstić information content (AvgIpc) is 2.03. The number of hydrogen-bond acceptors (Lipinski definition) is 1. The lowest BCUT2D eigenvalue weighted by Crippen LogP contribution is -2.40. The fourth-order valence-electron chi connectivity index (χ4n) is 2.16. The van der Waals surface area contributed by atoms with Gasteiger partial charge in [0.15, 0.2) is 0 Å². The molecule has 0 saturated heterocycles. The lowest BCUT2D eigenvalue weighted by Gasteiger charge is -2.38. The molecule has 0 aromatic heterocycles. The fraction of sp³-hybridized carbons (Fsp3) is 0.909. The molecule has 2 nitrogen and oxygen atoms in total. The summed E-state index contributed by atoms with van der Waals surface area (Å²) in [6.45, 7) is 6.39. The molecular formula is C11H19FO2. The van der Waals surface area contributed by atoms with Gasteiger partial charge in [0.1, 0.15) is 0 Å². The molecule has 0 spiro atoms. The highest BCUT2D eigenvalue weighted by Crippen LogP contribution is 2.42. The maximum Gasteiger partial charge on any atom is 0.341 e. The Morgan fingerprint density at radius 3 is 2.07 bits per heavy atom. The molecule has 0 radical (unpaired) electrons. The van der Waals surface area contributed by atoms with Crippen LogP contribution in [0.15, 0.2) is 0 Å². The number of rotatable bonds is 1. The van der Waals surface area contributed by atoms with Gasteiger partial charge in [-0.25, -0.2) is 9.18 Å². The largest absolute Gasteiger partial charge is 0.479 e. The monoisotopic (exact) mass is 202 g/mol. The van der Waals surface area contributed by atoms with Gasteiger partial charge >= 0.3 is 5.97 Å². The van der Waals surface area contributed by atoms with Gasteiger partial charge in [0, 0.05) is 0 Å². The smallest absolute Gasteiger partial charge is 0.341 e. The first-order valence-electron chi connectivity index (χ1n) is 5.18. The quantitative estimate of drug-likeness (QED) is 0.709. The second-order valence-electron chi connectivity index (χ2n) is 5.41. The van der Waals surface area contributed by atoms with Crippen molar-refractivity contribution in [2.24, 2.45) is 11.3 Å². The van der Waals surface area contributed by atoms with E-state index in [0.29, 0.717) is 18.8 Å². The first-order valence-corrected chi connectivity index (χ1v) is 5.18. The summed E-state index contributed by atoms with van der Waals surface area (Å²) in [5.74, 6) is -0.837. The van der Waals surface area contributed by atoms with Crippen molar-refractivity contribution in [3.05, 3.63) is 0 Å². The van der Waals surface area contributed by atoms with E-state index in [1.54, 1.807) is 0 Å². The Bertz CT molecular complexity index is 222. The predicted octanol–water partition coefficient (Wildman–Crippen LogP) is 3.02. The standard InChI is InChI=1S/C11H19FO2/c1-10(2,3)8-4-6-11(12,7-5-8)9(13)14/h8H,4-7H2,1-3H3,(H,13,14). The molecule has 0 aromatic rings. The summed E-state index contributed by atoms with van der Waals surface area (Å²) < 4.78 is 13.7. The molecule has 0 aromatic carbocycles. The molecule has 1 saturated carbocycles. The topological polar surface area (TPSA) is 37.3 Å². The molecule has 1 aliphatic rings. The minimum absolute atomic E-state index is 0.167. The number of aliphatic carboxylic acids is 1. The molecule has 1 N–H and O–H groups in total. The van der Waals surface area contributed by atoms with E-state index in [-0.39, 0.29) is 18.3 Å². The van der Waals surface area contributed by atoms with E-state index in [9.17, 15) is 9.18 Å². The van der Waals surface area contributed by atoms with Crippen LogP contribution < -0.4 is 0 Å². The average molecular weight is 202 g/mol. The summed E-state index contributed by atoms with van der Waals surface area (Å²) in [6.07, 6.45) is 1.72. The first-order chi connectivity index (χ1) is 6.26. The summed E-state index contributed by atoms with van der Waals surface area (Å²) in [7, 11) is 0. The second-order valence-corrected chi connectivity index (χ2v) is 5.41. The summed E-state index contributed by atoms with van der Waals surface area (Å²) >= 11 is 0. The van der Waals surface area contributed by atoms with Crippen molar-refractivity contribution in [3.8, 4) is 0 Å². The Hall–Kier alpha value is -0.600. The van der Waals surface area contributed by atoms with E-state index in [0.717, 1.165) is 0 Å². The van der Waals surface area contributed by atoms with E-state index in [1.165, 1.54) is 0 Å². The van der Waals surface area contributed by atoms with E-state index in [2.05, 4.69) is 20.8 Å². The third-order valence-corrected chi connectivity index (χ3v) is 3.39. The van der Waals surface area contributed by atoms with Crippen LogP contribution in [0.3, 0.4) is 0 Å². The van der Waals surface area contributed by atoms with E-state index in [4.69, 9.17) is 5.11 Å². The lowest BCUT2D eigenvalue weighted by atomic mass is 9.69. The van der Waals surface area contributed by atoms with Crippen molar-refractivity contribution in [3.63, 3.8) is 0 Å². The van der Waals surface area contributed by atoms with Gasteiger partial charge < -0.3 is 5.11 Å².